The van der Waals surface area contributed by atoms with Crippen LogP contribution in [0.5, 0.6) is 0 Å². The van der Waals surface area contributed by atoms with Gasteiger partial charge in [-0.2, -0.15) is 0 Å². The summed E-state index contributed by atoms with van der Waals surface area (Å²) in [7, 11) is 0. The van der Waals surface area contributed by atoms with Crippen LogP contribution in [0, 0.1) is 0 Å². The van der Waals surface area contributed by atoms with Gasteiger partial charge >= 0.3 is 0 Å². The number of rotatable bonds is 13. The van der Waals surface area contributed by atoms with Gasteiger partial charge in [-0.05, 0) is 58.5 Å². The average Bonchev–Trinajstić information content (AvgIpc) is 2.41. The minimum atomic E-state index is 0.349. The van der Waals surface area contributed by atoms with Crippen LogP contribution in [0.4, 0.5) is 0 Å². The third-order valence-corrected chi connectivity index (χ3v) is 3.67. The topological polar surface area (TPSA) is 26.7 Å². The molecule has 0 aliphatic rings. The molecular weight excluding hydrogens is 224 g/mol. The monoisotopic (exact) mass is 258 g/mol. The van der Waals surface area contributed by atoms with Gasteiger partial charge in [0.25, 0.3) is 0 Å². The highest BCUT2D eigenvalue weighted by atomic mass is 16.2. The number of nitrogens with zero attached hydrogens (tertiary/aromatic N) is 2. The molecule has 3 heteroatoms. The van der Waals surface area contributed by atoms with Gasteiger partial charge in [-0.15, -0.1) is 0 Å². The minimum absolute atomic E-state index is 0.349. The van der Waals surface area contributed by atoms with Crippen LogP contribution in [0.1, 0.15) is 52.9 Å². The first kappa shape index (κ1) is 17.9. The van der Waals surface area contributed by atoms with Gasteiger partial charge in [-0.3, -0.25) is 0 Å². The van der Waals surface area contributed by atoms with Crippen LogP contribution in [0.2, 0.25) is 0 Å². The third kappa shape index (κ3) is 9.86. The molecule has 0 aliphatic heterocycles. The molecule has 0 unspecified atom stereocenters. The minimum Gasteiger partial charge on any atom is -0.396 e. The van der Waals surface area contributed by atoms with Crippen LogP contribution in [-0.4, -0.2) is 60.8 Å². The summed E-state index contributed by atoms with van der Waals surface area (Å²) in [6.45, 7) is 14.3. The normalized spacial score (nSPS) is 11.7. The summed E-state index contributed by atoms with van der Waals surface area (Å²) in [5.41, 5.74) is 0. The SMILES string of the molecule is CCN(CC)CCCN(CC)CCCCCCO. The first-order valence-electron chi connectivity index (χ1n) is 7.83. The van der Waals surface area contributed by atoms with Crippen molar-refractivity contribution < 1.29 is 5.11 Å². The molecule has 0 rings (SSSR count). The van der Waals surface area contributed by atoms with Crippen molar-refractivity contribution in [2.45, 2.75) is 52.9 Å². The van der Waals surface area contributed by atoms with Crippen LogP contribution in [0.15, 0.2) is 0 Å². The van der Waals surface area contributed by atoms with E-state index in [1.165, 1.54) is 58.4 Å². The number of hydrogen-bond donors (Lipinski definition) is 1. The van der Waals surface area contributed by atoms with Crippen LogP contribution in [-0.2, 0) is 0 Å². The van der Waals surface area contributed by atoms with Crippen LogP contribution < -0.4 is 0 Å². The Balaban J connectivity index is 3.51. The van der Waals surface area contributed by atoms with Crippen molar-refractivity contribution in [3.05, 3.63) is 0 Å². The lowest BCUT2D eigenvalue weighted by Crippen LogP contribution is -2.30. The lowest BCUT2D eigenvalue weighted by Gasteiger charge is -2.23. The quantitative estimate of drug-likeness (QED) is 0.514. The Kier molecular flexibility index (Phi) is 13.2. The van der Waals surface area contributed by atoms with Gasteiger partial charge in [-0.25, -0.2) is 0 Å². The second-order valence-electron chi connectivity index (χ2n) is 4.95. The molecule has 0 atom stereocenters. The highest BCUT2D eigenvalue weighted by Crippen LogP contribution is 2.02. The van der Waals surface area contributed by atoms with E-state index in [2.05, 4.69) is 30.6 Å². The third-order valence-electron chi connectivity index (χ3n) is 3.67. The zero-order valence-corrected chi connectivity index (χ0v) is 12.8. The summed E-state index contributed by atoms with van der Waals surface area (Å²) in [5, 5.41) is 8.72. The lowest BCUT2D eigenvalue weighted by molar-refractivity contribution is 0.238. The van der Waals surface area contributed by atoms with Crippen LogP contribution >= 0.6 is 0 Å². The van der Waals surface area contributed by atoms with Crippen LogP contribution in [0.3, 0.4) is 0 Å². The Morgan fingerprint density at radius 2 is 1.11 bits per heavy atom. The summed E-state index contributed by atoms with van der Waals surface area (Å²) in [6.07, 6.45) is 5.96. The van der Waals surface area contributed by atoms with Crippen molar-refractivity contribution >= 4 is 0 Å². The van der Waals surface area contributed by atoms with E-state index in [1.54, 1.807) is 0 Å². The molecule has 1 N–H and O–H groups in total. The second-order valence-corrected chi connectivity index (χ2v) is 4.95. The van der Waals surface area contributed by atoms with E-state index in [4.69, 9.17) is 5.11 Å². The fraction of sp³-hybridized carbons (Fsp3) is 1.00. The Bertz CT molecular complexity index is 161. The Labute approximate surface area is 114 Å². The molecule has 0 spiro atoms. The molecule has 18 heavy (non-hydrogen) atoms. The van der Waals surface area contributed by atoms with E-state index in [9.17, 15) is 0 Å². The molecule has 0 bridgehead atoms. The van der Waals surface area contributed by atoms with E-state index in [1.807, 2.05) is 0 Å². The number of hydrogen-bond acceptors (Lipinski definition) is 3. The largest absolute Gasteiger partial charge is 0.396 e. The van der Waals surface area contributed by atoms with Gasteiger partial charge in [-0.1, -0.05) is 33.6 Å². The van der Waals surface area contributed by atoms with Crippen molar-refractivity contribution in [2.75, 3.05) is 45.9 Å². The molecule has 110 valence electrons. The highest BCUT2D eigenvalue weighted by molar-refractivity contribution is 4.59. The molecule has 0 amide bonds. The predicted octanol–water partition coefficient (Wildman–Crippen LogP) is 2.59. The molecule has 0 aromatic heterocycles. The maximum atomic E-state index is 8.72. The first-order chi connectivity index (χ1) is 8.78. The number of aliphatic hydroxyl groups is 1. The zero-order valence-electron chi connectivity index (χ0n) is 12.8. The molecule has 3 nitrogen and oxygen atoms in total. The molecule has 0 fully saturated rings. The summed E-state index contributed by atoms with van der Waals surface area (Å²) >= 11 is 0. The molecule has 0 aliphatic carbocycles. The van der Waals surface area contributed by atoms with Gasteiger partial charge in [0, 0.05) is 6.61 Å². The van der Waals surface area contributed by atoms with Crippen molar-refractivity contribution in [1.29, 1.82) is 0 Å². The van der Waals surface area contributed by atoms with Crippen molar-refractivity contribution in [3.8, 4) is 0 Å². The summed E-state index contributed by atoms with van der Waals surface area (Å²) in [5.74, 6) is 0. The molecule has 0 radical (unpaired) electrons. The maximum Gasteiger partial charge on any atom is 0.0431 e. The molecule has 0 saturated heterocycles. The van der Waals surface area contributed by atoms with Crippen molar-refractivity contribution in [1.82, 2.24) is 9.80 Å². The van der Waals surface area contributed by atoms with Gasteiger partial charge in [0.15, 0.2) is 0 Å². The van der Waals surface area contributed by atoms with Crippen molar-refractivity contribution in [3.63, 3.8) is 0 Å². The van der Waals surface area contributed by atoms with E-state index in [0.717, 1.165) is 13.0 Å². The zero-order chi connectivity index (χ0) is 13.6. The number of unbranched alkanes of at least 4 members (excludes halogenated alkanes) is 3. The lowest BCUT2D eigenvalue weighted by atomic mass is 10.2. The molecular formula is C15H34N2O. The van der Waals surface area contributed by atoms with Gasteiger partial charge in [0.2, 0.25) is 0 Å². The first-order valence-corrected chi connectivity index (χ1v) is 7.83. The van der Waals surface area contributed by atoms with E-state index in [0.29, 0.717) is 6.61 Å². The van der Waals surface area contributed by atoms with Crippen molar-refractivity contribution in [2.24, 2.45) is 0 Å². The summed E-state index contributed by atoms with van der Waals surface area (Å²) < 4.78 is 0. The fourth-order valence-corrected chi connectivity index (χ4v) is 2.29. The average molecular weight is 258 g/mol. The molecule has 0 heterocycles. The fourth-order valence-electron chi connectivity index (χ4n) is 2.29. The number of aliphatic hydroxyl groups excluding tert-OH is 1. The molecule has 0 aromatic rings. The molecule has 0 saturated carbocycles. The summed E-state index contributed by atoms with van der Waals surface area (Å²) in [6, 6.07) is 0. The highest BCUT2D eigenvalue weighted by Gasteiger charge is 2.03. The van der Waals surface area contributed by atoms with Gasteiger partial charge < -0.3 is 14.9 Å². The van der Waals surface area contributed by atoms with Crippen LogP contribution in [0.25, 0.3) is 0 Å². The smallest absolute Gasteiger partial charge is 0.0431 e. The second kappa shape index (κ2) is 13.3. The van der Waals surface area contributed by atoms with E-state index >= 15 is 0 Å². The standard InChI is InChI=1S/C15H34N2O/c1-4-16(5-2)13-11-14-17(6-3)12-9-7-8-10-15-18/h18H,4-15H2,1-3H3. The Morgan fingerprint density at radius 1 is 0.611 bits per heavy atom. The summed E-state index contributed by atoms with van der Waals surface area (Å²) in [4.78, 5) is 5.05. The Morgan fingerprint density at radius 3 is 1.67 bits per heavy atom. The molecule has 0 aromatic carbocycles. The van der Waals surface area contributed by atoms with E-state index in [-0.39, 0.29) is 0 Å². The predicted molar refractivity (Wildman–Crippen MR) is 80.1 cm³/mol. The Hall–Kier alpha value is -0.120. The van der Waals surface area contributed by atoms with Gasteiger partial charge in [0.05, 0.1) is 0 Å². The maximum absolute atomic E-state index is 8.72. The van der Waals surface area contributed by atoms with E-state index < -0.39 is 0 Å². The van der Waals surface area contributed by atoms with Gasteiger partial charge in [0.1, 0.15) is 0 Å².